The Morgan fingerprint density at radius 1 is 1.14 bits per heavy atom. The van der Waals surface area contributed by atoms with Crippen molar-refractivity contribution in [3.8, 4) is 0 Å². The van der Waals surface area contributed by atoms with Crippen molar-refractivity contribution in [3.63, 3.8) is 0 Å². The predicted octanol–water partition coefficient (Wildman–Crippen LogP) is 4.06. The van der Waals surface area contributed by atoms with Crippen molar-refractivity contribution in [2.24, 2.45) is 5.41 Å². The number of hydrogen-bond donors (Lipinski definition) is 0. The van der Waals surface area contributed by atoms with Crippen molar-refractivity contribution in [3.05, 3.63) is 16.6 Å². The molecule has 28 heavy (non-hydrogen) atoms. The Balaban J connectivity index is 1.53. The van der Waals surface area contributed by atoms with Crippen LogP contribution >= 0.6 is 11.3 Å². The van der Waals surface area contributed by atoms with E-state index in [0.717, 1.165) is 29.4 Å². The molecule has 2 saturated heterocycles. The Hall–Kier alpha value is -1.56. The number of alkyl halides is 6. The van der Waals surface area contributed by atoms with Crippen LogP contribution in [0.15, 0.2) is 11.6 Å². The lowest BCUT2D eigenvalue weighted by Crippen LogP contribution is -2.50. The van der Waals surface area contributed by atoms with E-state index in [0.29, 0.717) is 19.4 Å². The first-order valence-electron chi connectivity index (χ1n) is 8.68. The smallest absolute Gasteiger partial charge is 0.426 e. The SMILES string of the molecule is O=C(OC(C(F)(F)F)C(F)(F)F)N1CCC2(CCN(Cc3nccs3)C2)CC1. The molecule has 1 amide bonds. The van der Waals surface area contributed by atoms with Gasteiger partial charge in [0.15, 0.2) is 0 Å². The second kappa shape index (κ2) is 7.69. The summed E-state index contributed by atoms with van der Waals surface area (Å²) in [5, 5.41) is 2.88. The largest absolute Gasteiger partial charge is 0.434 e. The number of rotatable bonds is 3. The van der Waals surface area contributed by atoms with Gasteiger partial charge in [0, 0.05) is 31.2 Å². The zero-order valence-electron chi connectivity index (χ0n) is 14.7. The number of carbonyl (C=O) groups excluding carboxylic acids is 1. The number of likely N-dealkylation sites (tertiary alicyclic amines) is 2. The third kappa shape index (κ3) is 4.88. The van der Waals surface area contributed by atoms with Gasteiger partial charge in [0.05, 0.1) is 6.54 Å². The zero-order valence-corrected chi connectivity index (χ0v) is 15.5. The summed E-state index contributed by atoms with van der Waals surface area (Å²) in [5.74, 6) is 0. The van der Waals surface area contributed by atoms with Crippen LogP contribution < -0.4 is 0 Å². The summed E-state index contributed by atoms with van der Waals surface area (Å²) in [6.07, 6.45) is -13.5. The first kappa shape index (κ1) is 21.2. The van der Waals surface area contributed by atoms with E-state index < -0.39 is 24.5 Å². The minimum Gasteiger partial charge on any atom is -0.426 e. The Morgan fingerprint density at radius 2 is 1.75 bits per heavy atom. The van der Waals surface area contributed by atoms with Gasteiger partial charge in [0.2, 0.25) is 0 Å². The van der Waals surface area contributed by atoms with Crippen LogP contribution in [0.5, 0.6) is 0 Å². The van der Waals surface area contributed by atoms with E-state index in [1.807, 2.05) is 5.38 Å². The topological polar surface area (TPSA) is 45.7 Å². The Kier molecular flexibility index (Phi) is 5.81. The van der Waals surface area contributed by atoms with Gasteiger partial charge in [-0.1, -0.05) is 0 Å². The Labute approximate surface area is 161 Å². The predicted molar refractivity (Wildman–Crippen MR) is 87.6 cm³/mol. The lowest BCUT2D eigenvalue weighted by atomic mass is 9.78. The van der Waals surface area contributed by atoms with Crippen molar-refractivity contribution in [1.82, 2.24) is 14.8 Å². The first-order chi connectivity index (χ1) is 13.0. The van der Waals surface area contributed by atoms with Crippen molar-refractivity contribution in [2.75, 3.05) is 26.2 Å². The maximum Gasteiger partial charge on any atom is 0.434 e. The van der Waals surface area contributed by atoms with Crippen molar-refractivity contribution in [2.45, 2.75) is 44.3 Å². The molecule has 5 nitrogen and oxygen atoms in total. The van der Waals surface area contributed by atoms with Crippen LogP contribution in [0.3, 0.4) is 0 Å². The van der Waals surface area contributed by atoms with Crippen LogP contribution in [0.4, 0.5) is 31.1 Å². The molecule has 0 bridgehead atoms. The van der Waals surface area contributed by atoms with Gasteiger partial charge >= 0.3 is 18.4 Å². The van der Waals surface area contributed by atoms with Gasteiger partial charge in [-0.05, 0) is 31.2 Å². The summed E-state index contributed by atoms with van der Waals surface area (Å²) >= 11 is 1.55. The second-order valence-electron chi connectivity index (χ2n) is 7.22. The number of thiazole rings is 1. The van der Waals surface area contributed by atoms with Crippen molar-refractivity contribution >= 4 is 17.4 Å². The average Bonchev–Trinajstić information content (AvgIpc) is 3.22. The van der Waals surface area contributed by atoms with Crippen LogP contribution in [-0.2, 0) is 11.3 Å². The molecule has 1 spiro atoms. The quantitative estimate of drug-likeness (QED) is 0.678. The van der Waals surface area contributed by atoms with Crippen molar-refractivity contribution < 1.29 is 35.9 Å². The lowest BCUT2D eigenvalue weighted by Gasteiger charge is -2.39. The molecule has 12 heteroatoms. The molecule has 3 heterocycles. The van der Waals surface area contributed by atoms with E-state index in [4.69, 9.17) is 0 Å². The number of aromatic nitrogens is 1. The Bertz CT molecular complexity index is 657. The minimum absolute atomic E-state index is 0.0758. The van der Waals surface area contributed by atoms with Crippen LogP contribution in [0, 0.1) is 5.41 Å². The molecule has 0 saturated carbocycles. The molecular weight excluding hydrogens is 412 g/mol. The van der Waals surface area contributed by atoms with Gasteiger partial charge in [-0.15, -0.1) is 11.3 Å². The van der Waals surface area contributed by atoms with E-state index >= 15 is 0 Å². The molecule has 1 aromatic heterocycles. The highest BCUT2D eigenvalue weighted by molar-refractivity contribution is 7.09. The van der Waals surface area contributed by atoms with Gasteiger partial charge in [-0.2, -0.15) is 26.3 Å². The molecule has 3 rings (SSSR count). The van der Waals surface area contributed by atoms with Crippen LogP contribution in [0.2, 0.25) is 0 Å². The summed E-state index contributed by atoms with van der Waals surface area (Å²) in [6.45, 7) is 2.47. The van der Waals surface area contributed by atoms with Crippen LogP contribution in [0.1, 0.15) is 24.3 Å². The highest BCUT2D eigenvalue weighted by Gasteiger charge is 2.60. The van der Waals surface area contributed by atoms with Crippen LogP contribution in [-0.4, -0.2) is 65.5 Å². The fourth-order valence-corrected chi connectivity index (χ4v) is 4.41. The lowest BCUT2D eigenvalue weighted by molar-refractivity contribution is -0.308. The summed E-state index contributed by atoms with van der Waals surface area (Å²) in [6, 6.07) is 0. The number of piperidine rings is 1. The van der Waals surface area contributed by atoms with Gasteiger partial charge in [-0.3, -0.25) is 4.90 Å². The van der Waals surface area contributed by atoms with E-state index in [9.17, 15) is 31.1 Å². The minimum atomic E-state index is -5.70. The maximum atomic E-state index is 12.6. The number of halogens is 6. The molecule has 0 aromatic carbocycles. The first-order valence-corrected chi connectivity index (χ1v) is 9.56. The number of nitrogens with zero attached hydrogens (tertiary/aromatic N) is 3. The number of hydrogen-bond acceptors (Lipinski definition) is 5. The monoisotopic (exact) mass is 431 g/mol. The fourth-order valence-electron chi connectivity index (χ4n) is 3.75. The Morgan fingerprint density at radius 3 is 2.29 bits per heavy atom. The van der Waals surface area contributed by atoms with E-state index in [1.165, 1.54) is 0 Å². The number of carbonyl (C=O) groups is 1. The molecule has 0 N–H and O–H groups in total. The second-order valence-corrected chi connectivity index (χ2v) is 8.20. The molecule has 0 atom stereocenters. The van der Waals surface area contributed by atoms with Gasteiger partial charge in [-0.25, -0.2) is 9.78 Å². The van der Waals surface area contributed by atoms with Crippen molar-refractivity contribution in [1.29, 1.82) is 0 Å². The summed E-state index contributed by atoms with van der Waals surface area (Å²) in [4.78, 5) is 19.3. The van der Waals surface area contributed by atoms with Gasteiger partial charge in [0.1, 0.15) is 5.01 Å². The van der Waals surface area contributed by atoms with Crippen LogP contribution in [0.25, 0.3) is 0 Å². The highest BCUT2D eigenvalue weighted by atomic mass is 32.1. The summed E-state index contributed by atoms with van der Waals surface area (Å²) in [5.41, 5.74) is -0.0818. The van der Waals surface area contributed by atoms with E-state index in [1.54, 1.807) is 17.5 Å². The third-order valence-corrected chi connectivity index (χ3v) is 6.02. The molecule has 0 aliphatic carbocycles. The molecule has 0 radical (unpaired) electrons. The molecule has 1 aromatic rings. The normalized spacial score (nSPS) is 20.9. The van der Waals surface area contributed by atoms with Gasteiger partial charge in [0.25, 0.3) is 6.10 Å². The maximum absolute atomic E-state index is 12.6. The molecule has 2 aliphatic heterocycles. The third-order valence-electron chi connectivity index (χ3n) is 5.26. The number of amides is 1. The molecule has 2 aliphatic rings. The van der Waals surface area contributed by atoms with Gasteiger partial charge < -0.3 is 9.64 Å². The highest BCUT2D eigenvalue weighted by Crippen LogP contribution is 2.41. The number of ether oxygens (including phenoxy) is 1. The average molecular weight is 431 g/mol. The molecule has 0 unspecified atom stereocenters. The standard InChI is InChI=1S/C16H19F6N3O2S/c17-15(18,19)12(16(20,21)22)27-13(26)25-6-2-14(3-7-25)1-5-24(10-14)9-11-23-4-8-28-11/h4,8,12H,1-3,5-7,9-10H2. The summed E-state index contributed by atoms with van der Waals surface area (Å²) < 4.78 is 79.1. The molecular formula is C16H19F6N3O2S. The molecule has 158 valence electrons. The fraction of sp³-hybridized carbons (Fsp3) is 0.750. The van der Waals surface area contributed by atoms with E-state index in [2.05, 4.69) is 14.6 Å². The van der Waals surface area contributed by atoms with E-state index in [-0.39, 0.29) is 18.5 Å². The summed E-state index contributed by atoms with van der Waals surface area (Å²) in [7, 11) is 0. The molecule has 2 fully saturated rings. The zero-order chi connectivity index (χ0) is 20.6.